The summed E-state index contributed by atoms with van der Waals surface area (Å²) in [6.45, 7) is 0. The van der Waals surface area contributed by atoms with E-state index in [2.05, 4.69) is 16.7 Å². The quantitative estimate of drug-likeness (QED) is 0.837. The normalized spacial score (nSPS) is 27.1. The molecule has 3 rings (SSSR count). The Kier molecular flexibility index (Phi) is 3.88. The largest absolute Gasteiger partial charge is 0.359 e. The van der Waals surface area contributed by atoms with Crippen LogP contribution in [0.25, 0.3) is 0 Å². The number of nitriles is 1. The Morgan fingerprint density at radius 3 is 2.65 bits per heavy atom. The summed E-state index contributed by atoms with van der Waals surface area (Å²) in [5.74, 6) is 1.74. The van der Waals surface area contributed by atoms with Crippen LogP contribution in [0.5, 0.6) is 0 Å². The Hall–Kier alpha value is -1.60. The third kappa shape index (κ3) is 2.94. The first-order chi connectivity index (χ1) is 9.74. The Balaban J connectivity index is 1.52. The second-order valence-corrected chi connectivity index (χ2v) is 6.32. The lowest BCUT2D eigenvalue weighted by molar-refractivity contribution is 0.392. The highest BCUT2D eigenvalue weighted by Gasteiger charge is 2.39. The average molecular weight is 285 g/mol. The van der Waals surface area contributed by atoms with E-state index in [4.69, 9.17) is 17.5 Å². The highest BCUT2D eigenvalue weighted by molar-refractivity contribution is 7.80. The minimum Gasteiger partial charge on any atom is -0.359 e. The fourth-order valence-corrected chi connectivity index (χ4v) is 3.82. The molecule has 0 amide bonds. The average Bonchev–Trinajstić information content (AvgIpc) is 3.03. The zero-order valence-corrected chi connectivity index (χ0v) is 12.2. The topological polar surface area (TPSA) is 47.9 Å². The minimum atomic E-state index is 0.452. The van der Waals surface area contributed by atoms with Crippen molar-refractivity contribution in [3.8, 4) is 6.07 Å². The van der Waals surface area contributed by atoms with Crippen LogP contribution in [0.15, 0.2) is 24.3 Å². The Labute approximate surface area is 125 Å². The van der Waals surface area contributed by atoms with Gasteiger partial charge in [-0.1, -0.05) is 18.6 Å². The van der Waals surface area contributed by atoms with Crippen molar-refractivity contribution in [2.75, 3.05) is 5.32 Å². The van der Waals surface area contributed by atoms with Gasteiger partial charge in [-0.05, 0) is 61.0 Å². The molecule has 3 nitrogen and oxygen atoms in total. The van der Waals surface area contributed by atoms with Crippen molar-refractivity contribution in [2.45, 2.75) is 38.1 Å². The van der Waals surface area contributed by atoms with Gasteiger partial charge in [-0.3, -0.25) is 0 Å². The molecular formula is C16H19N3S. The fourth-order valence-electron chi connectivity index (χ4n) is 3.55. The number of thiocarbonyl (C=S) groups is 1. The molecule has 1 aromatic rings. The highest BCUT2D eigenvalue weighted by Crippen LogP contribution is 2.44. The molecule has 104 valence electrons. The van der Waals surface area contributed by atoms with E-state index in [0.717, 1.165) is 28.2 Å². The summed E-state index contributed by atoms with van der Waals surface area (Å²) in [4.78, 5) is 0. The Morgan fingerprint density at radius 1 is 1.25 bits per heavy atom. The molecule has 0 heterocycles. The Morgan fingerprint density at radius 2 is 2.05 bits per heavy atom. The number of fused-ring (bicyclic) bond motifs is 2. The van der Waals surface area contributed by atoms with Gasteiger partial charge in [0.15, 0.2) is 5.11 Å². The van der Waals surface area contributed by atoms with Gasteiger partial charge in [-0.25, -0.2) is 0 Å². The van der Waals surface area contributed by atoms with Gasteiger partial charge in [0, 0.05) is 11.7 Å². The second kappa shape index (κ2) is 5.80. The van der Waals surface area contributed by atoms with E-state index in [0.29, 0.717) is 12.5 Å². The third-order valence-electron chi connectivity index (χ3n) is 4.55. The molecular weight excluding hydrogens is 266 g/mol. The summed E-state index contributed by atoms with van der Waals surface area (Å²) in [5, 5.41) is 16.1. The van der Waals surface area contributed by atoms with E-state index in [1.54, 1.807) is 0 Å². The molecule has 0 aliphatic heterocycles. The zero-order valence-electron chi connectivity index (χ0n) is 11.4. The number of hydrogen-bond donors (Lipinski definition) is 2. The van der Waals surface area contributed by atoms with Gasteiger partial charge in [0.05, 0.1) is 12.5 Å². The lowest BCUT2D eigenvalue weighted by Crippen LogP contribution is -2.40. The number of anilines is 1. The maximum absolute atomic E-state index is 8.65. The van der Waals surface area contributed by atoms with E-state index in [9.17, 15) is 0 Å². The third-order valence-corrected chi connectivity index (χ3v) is 4.77. The molecule has 3 atom stereocenters. The van der Waals surface area contributed by atoms with Gasteiger partial charge in [0.25, 0.3) is 0 Å². The van der Waals surface area contributed by atoms with E-state index in [1.165, 1.54) is 25.7 Å². The minimum absolute atomic E-state index is 0.452. The number of benzene rings is 1. The van der Waals surface area contributed by atoms with Crippen LogP contribution in [0.1, 0.15) is 31.2 Å². The van der Waals surface area contributed by atoms with Gasteiger partial charge < -0.3 is 10.6 Å². The van der Waals surface area contributed by atoms with Crippen LogP contribution in [0.4, 0.5) is 5.69 Å². The molecule has 2 bridgehead atoms. The molecule has 2 fully saturated rings. The second-order valence-electron chi connectivity index (χ2n) is 5.91. The molecule has 0 unspecified atom stereocenters. The highest BCUT2D eigenvalue weighted by atomic mass is 32.1. The number of nitrogens with one attached hydrogen (secondary N) is 2. The molecule has 0 spiro atoms. The van der Waals surface area contributed by atoms with Crippen molar-refractivity contribution < 1.29 is 0 Å². The fraction of sp³-hybridized carbons (Fsp3) is 0.500. The summed E-state index contributed by atoms with van der Waals surface area (Å²) < 4.78 is 0. The van der Waals surface area contributed by atoms with Crippen molar-refractivity contribution in [3.63, 3.8) is 0 Å². The molecule has 0 radical (unpaired) electrons. The maximum Gasteiger partial charge on any atom is 0.171 e. The van der Waals surface area contributed by atoms with Crippen LogP contribution in [0, 0.1) is 23.2 Å². The standard InChI is InChI=1S/C16H19N3S/c17-8-7-11-2-5-14(6-3-11)18-16(20)19-15-10-12-1-4-13(15)9-12/h2-3,5-6,12-13,15H,1,4,7,9-10H2,(H2,18,19,20)/t12-,13+,15-/m0/s1. The lowest BCUT2D eigenvalue weighted by Gasteiger charge is -2.24. The van der Waals surface area contributed by atoms with Crippen molar-refractivity contribution in [3.05, 3.63) is 29.8 Å². The molecule has 2 aliphatic rings. The molecule has 0 aromatic heterocycles. The summed E-state index contributed by atoms with van der Waals surface area (Å²) in [5.41, 5.74) is 2.01. The van der Waals surface area contributed by atoms with Gasteiger partial charge in [0.2, 0.25) is 0 Å². The van der Waals surface area contributed by atoms with Crippen LogP contribution in [-0.4, -0.2) is 11.2 Å². The molecule has 2 aliphatic carbocycles. The molecule has 20 heavy (non-hydrogen) atoms. The SMILES string of the molecule is N#CCc1ccc(NC(=S)N[C@H]2C[C@H]3CC[C@@H]2C3)cc1. The smallest absolute Gasteiger partial charge is 0.171 e. The van der Waals surface area contributed by atoms with Crippen molar-refractivity contribution in [1.82, 2.24) is 5.32 Å². The Bertz CT molecular complexity index is 532. The monoisotopic (exact) mass is 285 g/mol. The summed E-state index contributed by atoms with van der Waals surface area (Å²) in [7, 11) is 0. The predicted molar refractivity (Wildman–Crippen MR) is 84.4 cm³/mol. The van der Waals surface area contributed by atoms with Crippen LogP contribution in [0.2, 0.25) is 0 Å². The van der Waals surface area contributed by atoms with Crippen LogP contribution < -0.4 is 10.6 Å². The molecule has 4 heteroatoms. The van der Waals surface area contributed by atoms with Gasteiger partial charge in [-0.15, -0.1) is 0 Å². The van der Waals surface area contributed by atoms with Crippen LogP contribution in [0.3, 0.4) is 0 Å². The van der Waals surface area contributed by atoms with Gasteiger partial charge >= 0.3 is 0 Å². The van der Waals surface area contributed by atoms with Crippen molar-refractivity contribution in [2.24, 2.45) is 11.8 Å². The summed E-state index contributed by atoms with van der Waals surface area (Å²) in [6, 6.07) is 10.6. The first kappa shape index (κ1) is 13.4. The molecule has 2 N–H and O–H groups in total. The van der Waals surface area contributed by atoms with E-state index in [-0.39, 0.29) is 0 Å². The van der Waals surface area contributed by atoms with Crippen LogP contribution in [-0.2, 0) is 6.42 Å². The summed E-state index contributed by atoms with van der Waals surface area (Å²) in [6.07, 6.45) is 5.86. The molecule has 2 saturated carbocycles. The van der Waals surface area contributed by atoms with E-state index in [1.807, 2.05) is 24.3 Å². The molecule has 0 saturated heterocycles. The van der Waals surface area contributed by atoms with Crippen LogP contribution >= 0.6 is 12.2 Å². The van der Waals surface area contributed by atoms with Gasteiger partial charge in [-0.2, -0.15) is 5.26 Å². The van der Waals surface area contributed by atoms with Crippen molar-refractivity contribution in [1.29, 1.82) is 5.26 Å². The lowest BCUT2D eigenvalue weighted by atomic mass is 9.96. The number of nitrogens with zero attached hydrogens (tertiary/aromatic N) is 1. The first-order valence-electron chi connectivity index (χ1n) is 7.28. The zero-order chi connectivity index (χ0) is 13.9. The van der Waals surface area contributed by atoms with E-state index < -0.39 is 0 Å². The summed E-state index contributed by atoms with van der Waals surface area (Å²) >= 11 is 5.40. The van der Waals surface area contributed by atoms with Crippen molar-refractivity contribution >= 4 is 23.0 Å². The number of hydrogen-bond acceptors (Lipinski definition) is 2. The predicted octanol–water partition coefficient (Wildman–Crippen LogP) is 3.23. The number of rotatable bonds is 3. The molecule has 1 aromatic carbocycles. The maximum atomic E-state index is 8.65. The first-order valence-corrected chi connectivity index (χ1v) is 7.69. The van der Waals surface area contributed by atoms with E-state index >= 15 is 0 Å². The van der Waals surface area contributed by atoms with Gasteiger partial charge in [0.1, 0.15) is 0 Å².